The molecule has 0 spiro atoms. The molecule has 102 valence electrons. The van der Waals surface area contributed by atoms with Crippen molar-refractivity contribution in [2.45, 2.75) is 26.2 Å². The van der Waals surface area contributed by atoms with Crippen LogP contribution in [-0.2, 0) is 9.59 Å². The van der Waals surface area contributed by atoms with Gasteiger partial charge >= 0.3 is 0 Å². The van der Waals surface area contributed by atoms with Gasteiger partial charge in [-0.2, -0.15) is 0 Å². The van der Waals surface area contributed by atoms with Gasteiger partial charge in [0, 0.05) is 12.2 Å². The lowest BCUT2D eigenvalue weighted by atomic mass is 10.0. The fourth-order valence-corrected chi connectivity index (χ4v) is 1.55. The Kier molecular flexibility index (Phi) is 5.79. The zero-order chi connectivity index (χ0) is 14.3. The molecule has 2 amide bonds. The van der Waals surface area contributed by atoms with E-state index in [0.29, 0.717) is 18.2 Å². The molecule has 0 bridgehead atoms. The molecule has 0 aliphatic rings. The van der Waals surface area contributed by atoms with Crippen LogP contribution in [0.5, 0.6) is 0 Å². The van der Waals surface area contributed by atoms with Crippen LogP contribution in [0.15, 0.2) is 36.9 Å². The number of benzene rings is 1. The summed E-state index contributed by atoms with van der Waals surface area (Å²) < 4.78 is 0. The molecule has 0 aliphatic carbocycles. The van der Waals surface area contributed by atoms with E-state index in [1.807, 2.05) is 24.3 Å². The quantitative estimate of drug-likeness (QED) is 0.609. The van der Waals surface area contributed by atoms with Crippen LogP contribution in [0.25, 0.3) is 0 Å². The van der Waals surface area contributed by atoms with Crippen molar-refractivity contribution in [3.8, 4) is 0 Å². The van der Waals surface area contributed by atoms with E-state index in [1.54, 1.807) is 6.08 Å². The maximum atomic E-state index is 11.6. The van der Waals surface area contributed by atoms with Gasteiger partial charge in [-0.1, -0.05) is 32.1 Å². The number of amides is 2. The van der Waals surface area contributed by atoms with Crippen molar-refractivity contribution in [1.29, 1.82) is 0 Å². The Labute approximate surface area is 113 Å². The Morgan fingerprint density at radius 2 is 1.84 bits per heavy atom. The minimum atomic E-state index is -0.321. The summed E-state index contributed by atoms with van der Waals surface area (Å²) in [7, 11) is 0. The summed E-state index contributed by atoms with van der Waals surface area (Å²) in [4.78, 5) is 22.9. The second kappa shape index (κ2) is 7.36. The van der Waals surface area contributed by atoms with Gasteiger partial charge in [0.05, 0.1) is 0 Å². The molecule has 0 fully saturated rings. The topological polar surface area (TPSA) is 58.2 Å². The molecule has 0 aromatic heterocycles. The molecule has 0 atom stereocenters. The van der Waals surface area contributed by atoms with Crippen LogP contribution in [0.2, 0.25) is 0 Å². The normalized spacial score (nSPS) is 10.1. The first kappa shape index (κ1) is 15.0. The molecule has 0 unspecified atom stereocenters. The third kappa shape index (κ3) is 5.38. The number of nitrogens with one attached hydrogen (secondary N) is 2. The highest BCUT2D eigenvalue weighted by atomic mass is 16.2. The molecule has 4 heteroatoms. The molecular weight excluding hydrogens is 240 g/mol. The molecule has 0 saturated heterocycles. The van der Waals surface area contributed by atoms with Gasteiger partial charge in [-0.15, -0.1) is 6.58 Å². The van der Waals surface area contributed by atoms with Gasteiger partial charge in [0.25, 0.3) is 0 Å². The van der Waals surface area contributed by atoms with E-state index in [9.17, 15) is 9.59 Å². The van der Waals surface area contributed by atoms with Crippen LogP contribution in [0.1, 0.15) is 31.7 Å². The van der Waals surface area contributed by atoms with Crippen molar-refractivity contribution >= 4 is 17.5 Å². The molecule has 1 rings (SSSR count). The standard InChI is InChI=1S/C15H20N2O2/c1-4-9-16-14(18)10-15(19)17-13-7-5-12(6-8-13)11(2)3/h4-8,11H,1,9-10H2,2-3H3,(H,16,18)(H,17,19). The smallest absolute Gasteiger partial charge is 0.233 e. The lowest BCUT2D eigenvalue weighted by Crippen LogP contribution is -2.28. The van der Waals surface area contributed by atoms with Crippen LogP contribution in [-0.4, -0.2) is 18.4 Å². The second-order valence-corrected chi connectivity index (χ2v) is 4.59. The highest BCUT2D eigenvalue weighted by Crippen LogP contribution is 2.17. The number of hydrogen-bond donors (Lipinski definition) is 2. The minimum absolute atomic E-state index is 0.181. The van der Waals surface area contributed by atoms with E-state index in [-0.39, 0.29) is 18.2 Å². The van der Waals surface area contributed by atoms with Gasteiger partial charge in [-0.3, -0.25) is 9.59 Å². The Balaban J connectivity index is 2.48. The Morgan fingerprint density at radius 1 is 1.21 bits per heavy atom. The first-order chi connectivity index (χ1) is 9.02. The monoisotopic (exact) mass is 260 g/mol. The largest absolute Gasteiger partial charge is 0.352 e. The highest BCUT2D eigenvalue weighted by molar-refractivity contribution is 6.03. The molecule has 1 aromatic carbocycles. The van der Waals surface area contributed by atoms with Gasteiger partial charge < -0.3 is 10.6 Å². The van der Waals surface area contributed by atoms with Crippen LogP contribution in [0.3, 0.4) is 0 Å². The van der Waals surface area contributed by atoms with Crippen molar-refractivity contribution in [3.05, 3.63) is 42.5 Å². The second-order valence-electron chi connectivity index (χ2n) is 4.59. The SMILES string of the molecule is C=CCNC(=O)CC(=O)Nc1ccc(C(C)C)cc1. The zero-order valence-electron chi connectivity index (χ0n) is 11.4. The summed E-state index contributed by atoms with van der Waals surface area (Å²) in [5.74, 6) is -0.176. The molecule has 2 N–H and O–H groups in total. The number of carbonyl (C=O) groups excluding carboxylic acids is 2. The summed E-state index contributed by atoms with van der Waals surface area (Å²) in [5.41, 5.74) is 1.91. The van der Waals surface area contributed by atoms with Crippen LogP contribution in [0.4, 0.5) is 5.69 Å². The summed E-state index contributed by atoms with van der Waals surface area (Å²) in [6.45, 7) is 8.07. The summed E-state index contributed by atoms with van der Waals surface area (Å²) in [5, 5.41) is 5.25. The molecule has 19 heavy (non-hydrogen) atoms. The maximum absolute atomic E-state index is 11.6. The van der Waals surface area contributed by atoms with E-state index in [0.717, 1.165) is 0 Å². The third-order valence-corrected chi connectivity index (χ3v) is 2.63. The fraction of sp³-hybridized carbons (Fsp3) is 0.333. The molecule has 0 radical (unpaired) electrons. The van der Waals surface area contributed by atoms with Gasteiger partial charge in [0.1, 0.15) is 6.42 Å². The number of rotatable bonds is 6. The molecule has 0 saturated carbocycles. The lowest BCUT2D eigenvalue weighted by molar-refractivity contribution is -0.126. The molecule has 1 aromatic rings. The van der Waals surface area contributed by atoms with E-state index in [4.69, 9.17) is 0 Å². The lowest BCUT2D eigenvalue weighted by Gasteiger charge is -2.08. The van der Waals surface area contributed by atoms with Crippen molar-refractivity contribution < 1.29 is 9.59 Å². The van der Waals surface area contributed by atoms with Crippen molar-refractivity contribution in [1.82, 2.24) is 5.32 Å². The fourth-order valence-electron chi connectivity index (χ4n) is 1.55. The maximum Gasteiger partial charge on any atom is 0.233 e. The van der Waals surface area contributed by atoms with Crippen molar-refractivity contribution in [2.24, 2.45) is 0 Å². The van der Waals surface area contributed by atoms with Crippen LogP contribution in [0, 0.1) is 0 Å². The molecule has 4 nitrogen and oxygen atoms in total. The van der Waals surface area contributed by atoms with E-state index in [1.165, 1.54) is 5.56 Å². The first-order valence-corrected chi connectivity index (χ1v) is 6.30. The van der Waals surface area contributed by atoms with Gasteiger partial charge in [0.15, 0.2) is 0 Å². The Bertz CT molecular complexity index is 450. The van der Waals surface area contributed by atoms with Gasteiger partial charge in [-0.05, 0) is 23.6 Å². The Hall–Kier alpha value is -2.10. The van der Waals surface area contributed by atoms with E-state index < -0.39 is 0 Å². The van der Waals surface area contributed by atoms with Gasteiger partial charge in [-0.25, -0.2) is 0 Å². The van der Waals surface area contributed by atoms with Crippen molar-refractivity contribution in [3.63, 3.8) is 0 Å². The molecule has 0 aliphatic heterocycles. The molecule has 0 heterocycles. The molecular formula is C15H20N2O2. The number of hydrogen-bond acceptors (Lipinski definition) is 2. The summed E-state index contributed by atoms with van der Waals surface area (Å²) in [6.07, 6.45) is 1.39. The zero-order valence-corrected chi connectivity index (χ0v) is 11.4. The van der Waals surface area contributed by atoms with Gasteiger partial charge in [0.2, 0.25) is 11.8 Å². The highest BCUT2D eigenvalue weighted by Gasteiger charge is 2.08. The van der Waals surface area contributed by atoms with Crippen molar-refractivity contribution in [2.75, 3.05) is 11.9 Å². The average Bonchev–Trinajstić information content (AvgIpc) is 2.36. The first-order valence-electron chi connectivity index (χ1n) is 6.30. The van der Waals surface area contributed by atoms with Crippen LogP contribution >= 0.6 is 0 Å². The summed E-state index contributed by atoms with van der Waals surface area (Å²) >= 11 is 0. The predicted octanol–water partition coefficient (Wildman–Crippen LogP) is 2.44. The summed E-state index contributed by atoms with van der Waals surface area (Å²) in [6, 6.07) is 7.62. The predicted molar refractivity (Wildman–Crippen MR) is 77.0 cm³/mol. The minimum Gasteiger partial charge on any atom is -0.352 e. The Morgan fingerprint density at radius 3 is 2.37 bits per heavy atom. The third-order valence-electron chi connectivity index (χ3n) is 2.63. The van der Waals surface area contributed by atoms with E-state index in [2.05, 4.69) is 31.1 Å². The van der Waals surface area contributed by atoms with Crippen LogP contribution < -0.4 is 10.6 Å². The van der Waals surface area contributed by atoms with E-state index >= 15 is 0 Å². The number of carbonyl (C=O) groups is 2. The number of anilines is 1. The average molecular weight is 260 g/mol.